The van der Waals surface area contributed by atoms with Gasteiger partial charge in [0, 0.05) is 26.2 Å². The van der Waals surface area contributed by atoms with Gasteiger partial charge in [0.05, 0.1) is 18.4 Å². The van der Waals surface area contributed by atoms with Crippen molar-refractivity contribution in [2.24, 2.45) is 0 Å². The third kappa shape index (κ3) is 4.75. The van der Waals surface area contributed by atoms with Gasteiger partial charge in [-0.05, 0) is 53.8 Å². The van der Waals surface area contributed by atoms with Gasteiger partial charge in [0.15, 0.2) is 0 Å². The Labute approximate surface area is 191 Å². The number of hydrogen-bond acceptors (Lipinski definition) is 3. The number of fused-ring (bicyclic) bond motifs is 1. The lowest BCUT2D eigenvalue weighted by Crippen LogP contribution is -1.97. The molecule has 0 saturated carbocycles. The summed E-state index contributed by atoms with van der Waals surface area (Å²) < 4.78 is 7.24. The molecule has 0 fully saturated rings. The molecule has 0 radical (unpaired) electrons. The summed E-state index contributed by atoms with van der Waals surface area (Å²) in [5.74, 6) is 6.73. The molecule has 0 aliphatic rings. The van der Waals surface area contributed by atoms with Crippen LogP contribution >= 0.6 is 22.9 Å². The van der Waals surface area contributed by atoms with E-state index in [9.17, 15) is 0 Å². The Morgan fingerprint density at radius 1 is 1.03 bits per heavy atom. The first kappa shape index (κ1) is 21.0. The summed E-state index contributed by atoms with van der Waals surface area (Å²) in [5.41, 5.74) is 4.33. The lowest BCUT2D eigenvalue weighted by Gasteiger charge is -2.10. The lowest BCUT2D eigenvalue weighted by atomic mass is 9.97. The maximum absolute atomic E-state index is 9.01. The molecule has 0 bridgehead atoms. The normalized spacial score (nSPS) is 11.4. The van der Waals surface area contributed by atoms with Crippen molar-refractivity contribution in [2.45, 2.75) is 25.9 Å². The molecule has 0 saturated heterocycles. The van der Waals surface area contributed by atoms with Gasteiger partial charge < -0.3 is 4.74 Å². The van der Waals surface area contributed by atoms with E-state index < -0.39 is 0 Å². The fourth-order valence-electron chi connectivity index (χ4n) is 3.54. The van der Waals surface area contributed by atoms with Gasteiger partial charge in [-0.3, -0.25) is 0 Å². The van der Waals surface area contributed by atoms with E-state index in [-0.39, 0.29) is 5.92 Å². The Morgan fingerprint density at radius 2 is 1.84 bits per heavy atom. The van der Waals surface area contributed by atoms with E-state index in [0.29, 0.717) is 13.0 Å². The van der Waals surface area contributed by atoms with Crippen molar-refractivity contribution in [3.63, 3.8) is 0 Å². The summed E-state index contributed by atoms with van der Waals surface area (Å²) in [4.78, 5) is 0. The minimum Gasteiger partial charge on any atom is -0.489 e. The van der Waals surface area contributed by atoms with Crippen LogP contribution in [0.5, 0.6) is 5.75 Å². The molecule has 0 amide bonds. The van der Waals surface area contributed by atoms with Crippen LogP contribution in [-0.4, -0.2) is 0 Å². The average molecular weight is 442 g/mol. The number of nitrogens with zero attached hydrogens (tertiary/aromatic N) is 1. The summed E-state index contributed by atoms with van der Waals surface area (Å²) in [6.45, 7) is 2.27. The Morgan fingerprint density at radius 3 is 2.58 bits per heavy atom. The number of halogens is 1. The molecule has 1 heterocycles. The fraction of sp³-hybridized carbons (Fsp3) is 0.148. The van der Waals surface area contributed by atoms with Crippen LogP contribution in [-0.2, 0) is 6.61 Å². The molecule has 0 aliphatic heterocycles. The Kier molecular flexibility index (Phi) is 6.58. The van der Waals surface area contributed by atoms with Crippen LogP contribution in [0.2, 0.25) is 5.02 Å². The van der Waals surface area contributed by atoms with Crippen molar-refractivity contribution >= 4 is 33.0 Å². The molecule has 4 heteroatoms. The third-order valence-electron chi connectivity index (χ3n) is 5.10. The summed E-state index contributed by atoms with van der Waals surface area (Å²) in [7, 11) is 0. The van der Waals surface area contributed by atoms with E-state index >= 15 is 0 Å². The minimum absolute atomic E-state index is 0.0618. The molecule has 0 spiro atoms. The zero-order valence-electron chi connectivity index (χ0n) is 17.1. The monoisotopic (exact) mass is 441 g/mol. The first-order valence-corrected chi connectivity index (χ1v) is 11.2. The van der Waals surface area contributed by atoms with Gasteiger partial charge in [0.2, 0.25) is 0 Å². The molecule has 0 unspecified atom stereocenters. The number of ether oxygens (including phenoxy) is 1. The zero-order valence-corrected chi connectivity index (χ0v) is 18.6. The number of benzene rings is 3. The lowest BCUT2D eigenvalue weighted by molar-refractivity contribution is 0.306. The van der Waals surface area contributed by atoms with Gasteiger partial charge in [-0.1, -0.05) is 53.9 Å². The van der Waals surface area contributed by atoms with Crippen LogP contribution < -0.4 is 4.74 Å². The van der Waals surface area contributed by atoms with Crippen LogP contribution in [0.25, 0.3) is 21.2 Å². The van der Waals surface area contributed by atoms with Gasteiger partial charge in [0.1, 0.15) is 12.4 Å². The predicted molar refractivity (Wildman–Crippen MR) is 129 cm³/mol. The van der Waals surface area contributed by atoms with Gasteiger partial charge in [0.25, 0.3) is 0 Å². The van der Waals surface area contributed by atoms with Crippen LogP contribution in [0.15, 0.2) is 72.1 Å². The molecule has 31 heavy (non-hydrogen) atoms. The topological polar surface area (TPSA) is 33.0 Å². The van der Waals surface area contributed by atoms with E-state index in [1.54, 1.807) is 18.3 Å². The molecule has 1 aromatic heterocycles. The van der Waals surface area contributed by atoms with Crippen LogP contribution in [0.1, 0.15) is 30.4 Å². The standard InChI is InChI=1S/C27H20ClNOS/c1-2-5-20(14-15-29)21-9-11-22(12-10-21)30-17-19-8-13-27-24(16-19)25(18-31-27)23-6-3-4-7-26(23)28/h3-4,6-13,16,18,20H,14,17H2,1H3/t20-/m0/s1. The molecular weight excluding hydrogens is 422 g/mol. The second-order valence-electron chi connectivity index (χ2n) is 7.13. The highest BCUT2D eigenvalue weighted by atomic mass is 35.5. The third-order valence-corrected chi connectivity index (χ3v) is 6.40. The van der Waals surface area contributed by atoms with Crippen molar-refractivity contribution in [2.75, 3.05) is 0 Å². The summed E-state index contributed by atoms with van der Waals surface area (Å²) in [6, 6.07) is 24.4. The quantitative estimate of drug-likeness (QED) is 0.286. The molecule has 0 aliphatic carbocycles. The Bertz CT molecular complexity index is 1310. The highest BCUT2D eigenvalue weighted by molar-refractivity contribution is 7.17. The first-order valence-electron chi connectivity index (χ1n) is 9.96. The Balaban J connectivity index is 1.52. The molecule has 4 rings (SSSR count). The smallest absolute Gasteiger partial charge is 0.119 e. The van der Waals surface area contributed by atoms with Crippen LogP contribution in [0.3, 0.4) is 0 Å². The molecular formula is C27H20ClNOS. The second kappa shape index (κ2) is 9.71. The summed E-state index contributed by atoms with van der Waals surface area (Å²) >= 11 is 8.14. The molecule has 4 aromatic rings. The van der Waals surface area contributed by atoms with Crippen LogP contribution in [0.4, 0.5) is 0 Å². The molecule has 152 valence electrons. The van der Waals surface area contributed by atoms with Crippen molar-refractivity contribution in [1.29, 1.82) is 5.26 Å². The number of nitriles is 1. The molecule has 0 N–H and O–H groups in total. The maximum atomic E-state index is 9.01. The van der Waals surface area contributed by atoms with Crippen molar-refractivity contribution in [3.05, 3.63) is 88.3 Å². The molecule has 1 atom stereocenters. The highest BCUT2D eigenvalue weighted by Crippen LogP contribution is 2.38. The van der Waals surface area contributed by atoms with E-state index in [0.717, 1.165) is 33.0 Å². The van der Waals surface area contributed by atoms with E-state index in [4.69, 9.17) is 21.6 Å². The van der Waals surface area contributed by atoms with Crippen molar-refractivity contribution < 1.29 is 4.74 Å². The van der Waals surface area contributed by atoms with Gasteiger partial charge in [-0.15, -0.1) is 17.3 Å². The summed E-state index contributed by atoms with van der Waals surface area (Å²) in [6.07, 6.45) is 0.384. The largest absolute Gasteiger partial charge is 0.489 e. The maximum Gasteiger partial charge on any atom is 0.119 e. The molecule has 2 nitrogen and oxygen atoms in total. The fourth-order valence-corrected chi connectivity index (χ4v) is 4.71. The predicted octanol–water partition coefficient (Wildman–Crippen LogP) is 7.82. The van der Waals surface area contributed by atoms with E-state index in [2.05, 4.69) is 47.6 Å². The Hall–Kier alpha value is -3.24. The minimum atomic E-state index is -0.0618. The second-order valence-corrected chi connectivity index (χ2v) is 8.45. The zero-order chi connectivity index (χ0) is 21.6. The van der Waals surface area contributed by atoms with Gasteiger partial charge in [-0.2, -0.15) is 5.26 Å². The number of thiophene rings is 1. The highest BCUT2D eigenvalue weighted by Gasteiger charge is 2.11. The van der Waals surface area contributed by atoms with Crippen molar-refractivity contribution in [3.8, 4) is 34.8 Å². The average Bonchev–Trinajstić information content (AvgIpc) is 3.21. The first-order chi connectivity index (χ1) is 15.2. The number of hydrogen-bond donors (Lipinski definition) is 0. The van der Waals surface area contributed by atoms with E-state index in [1.165, 1.54) is 10.1 Å². The van der Waals surface area contributed by atoms with Crippen LogP contribution in [0, 0.1) is 23.2 Å². The molecule has 3 aromatic carbocycles. The van der Waals surface area contributed by atoms with E-state index in [1.807, 2.05) is 42.5 Å². The summed E-state index contributed by atoms with van der Waals surface area (Å²) in [5, 5.41) is 13.1. The van der Waals surface area contributed by atoms with Gasteiger partial charge >= 0.3 is 0 Å². The van der Waals surface area contributed by atoms with Crippen molar-refractivity contribution in [1.82, 2.24) is 0 Å². The van der Waals surface area contributed by atoms with Gasteiger partial charge in [-0.25, -0.2) is 0 Å². The number of rotatable bonds is 6. The SMILES string of the molecule is CC#C[C@@H](CC#N)c1ccc(OCc2ccc3scc(-c4ccccc4Cl)c3c2)cc1.